The van der Waals surface area contributed by atoms with Gasteiger partial charge in [0.05, 0.1) is 32.6 Å². The van der Waals surface area contributed by atoms with Gasteiger partial charge >= 0.3 is 11.9 Å². The predicted molar refractivity (Wildman–Crippen MR) is 75.9 cm³/mol. The molecule has 20 heavy (non-hydrogen) atoms. The summed E-state index contributed by atoms with van der Waals surface area (Å²) in [5.41, 5.74) is -1.03. The number of hydrogen-bond acceptors (Lipinski definition) is 4. The van der Waals surface area contributed by atoms with Crippen LogP contribution in [0.1, 0.15) is 42.8 Å². The second kappa shape index (κ2) is 6.19. The van der Waals surface area contributed by atoms with Crippen molar-refractivity contribution >= 4 is 22.7 Å². The van der Waals surface area contributed by atoms with Gasteiger partial charge in [-0.3, -0.25) is 0 Å². The third-order valence-electron chi connectivity index (χ3n) is 2.33. The van der Waals surface area contributed by atoms with Crippen LogP contribution in [0.25, 0.3) is 10.8 Å². The van der Waals surface area contributed by atoms with E-state index in [2.05, 4.69) is 0 Å². The zero-order valence-electron chi connectivity index (χ0n) is 17.0. The van der Waals surface area contributed by atoms with Gasteiger partial charge < -0.3 is 9.47 Å². The van der Waals surface area contributed by atoms with Crippen LogP contribution >= 0.6 is 0 Å². The molecule has 2 rings (SSSR count). The highest BCUT2D eigenvalue weighted by atomic mass is 16.5. The number of fused-ring (bicyclic) bond motifs is 1. The second-order valence-electron chi connectivity index (χ2n) is 3.69. The summed E-state index contributed by atoms with van der Waals surface area (Å²) in [5.74, 6) is -1.99. The zero-order valence-corrected chi connectivity index (χ0v) is 11.0. The second-order valence-corrected chi connectivity index (χ2v) is 3.69. The van der Waals surface area contributed by atoms with Crippen molar-refractivity contribution in [3.05, 3.63) is 47.4 Å². The Balaban J connectivity index is 2.99. The average Bonchev–Trinajstić information content (AvgIpc) is 2.57. The fourth-order valence-electron chi connectivity index (χ4n) is 1.49. The van der Waals surface area contributed by atoms with Crippen LogP contribution in [0, 0.1) is 0 Å². The highest BCUT2D eigenvalue weighted by Crippen LogP contribution is 2.19. The summed E-state index contributed by atoms with van der Waals surface area (Å²) < 4.78 is 58.1. The molecule has 0 fully saturated rings. The molecule has 0 heterocycles. The molecule has 0 bridgehead atoms. The highest BCUT2D eigenvalue weighted by Gasteiger charge is 2.10. The third-order valence-corrected chi connectivity index (χ3v) is 2.33. The first-order chi connectivity index (χ1) is 12.2. The molecule has 0 spiro atoms. The van der Waals surface area contributed by atoms with Crippen LogP contribution in [0.2, 0.25) is 0 Å². The maximum absolute atomic E-state index is 12.0. The van der Waals surface area contributed by atoms with Crippen LogP contribution in [0.5, 0.6) is 0 Å². The Kier molecular flexibility index (Phi) is 2.49. The Morgan fingerprint density at radius 3 is 1.65 bits per heavy atom. The molecule has 2 aromatic rings. The van der Waals surface area contributed by atoms with Crippen molar-refractivity contribution in [3.8, 4) is 0 Å². The van der Waals surface area contributed by atoms with Crippen LogP contribution in [0.15, 0.2) is 36.3 Å². The van der Waals surface area contributed by atoms with Gasteiger partial charge in [0.1, 0.15) is 0 Å². The van der Waals surface area contributed by atoms with E-state index in [-0.39, 0.29) is 24.0 Å². The summed E-state index contributed by atoms with van der Waals surface area (Å²) >= 11 is 0. The molecule has 104 valence electrons. The van der Waals surface area contributed by atoms with Crippen LogP contribution in [-0.2, 0) is 9.47 Å². The van der Waals surface area contributed by atoms with Gasteiger partial charge in [-0.05, 0) is 48.8 Å². The topological polar surface area (TPSA) is 52.6 Å². The molecule has 2 aromatic carbocycles. The van der Waals surface area contributed by atoms with Gasteiger partial charge in [-0.1, -0.05) is 12.1 Å². The minimum atomic E-state index is -0.996. The van der Waals surface area contributed by atoms with E-state index in [1.807, 2.05) is 0 Å². The van der Waals surface area contributed by atoms with E-state index in [4.69, 9.17) is 17.7 Å². The van der Waals surface area contributed by atoms with E-state index in [1.54, 1.807) is 13.8 Å². The summed E-state index contributed by atoms with van der Waals surface area (Å²) in [5, 5.41) is -0.644. The van der Waals surface area contributed by atoms with E-state index >= 15 is 0 Å². The standard InChI is InChI=1S/C16H16O4/c1-3-19-15(17)13-7-5-12-10-14(16(18)20-4-2)8-6-11(12)9-13/h5-10H,3-4H2,1-2H3/i5D,6D,7D,8D,9D,10D. The maximum atomic E-state index is 12.0. The smallest absolute Gasteiger partial charge is 0.338 e. The van der Waals surface area contributed by atoms with E-state index < -0.39 is 59.3 Å². The maximum Gasteiger partial charge on any atom is 0.338 e. The summed E-state index contributed by atoms with van der Waals surface area (Å²) in [6.45, 7) is 3.07. The fourth-order valence-corrected chi connectivity index (χ4v) is 1.49. The van der Waals surface area contributed by atoms with E-state index in [9.17, 15) is 9.59 Å². The molecule has 4 heteroatoms. The summed E-state index contributed by atoms with van der Waals surface area (Å²) in [6.07, 6.45) is 0. The van der Waals surface area contributed by atoms with Crippen molar-refractivity contribution in [2.75, 3.05) is 13.2 Å². The molecule has 0 aromatic heterocycles. The molecule has 0 saturated carbocycles. The van der Waals surface area contributed by atoms with E-state index in [0.29, 0.717) is 0 Å². The van der Waals surface area contributed by atoms with Crippen LogP contribution < -0.4 is 0 Å². The number of hydrogen-bond donors (Lipinski definition) is 0. The lowest BCUT2D eigenvalue weighted by Crippen LogP contribution is -2.05. The van der Waals surface area contributed by atoms with Crippen molar-refractivity contribution in [3.63, 3.8) is 0 Å². The van der Waals surface area contributed by atoms with Crippen molar-refractivity contribution in [2.45, 2.75) is 13.8 Å². The average molecular weight is 278 g/mol. The van der Waals surface area contributed by atoms with Gasteiger partial charge in [0.25, 0.3) is 0 Å². The number of esters is 2. The quantitative estimate of drug-likeness (QED) is 0.806. The van der Waals surface area contributed by atoms with Gasteiger partial charge in [-0.25, -0.2) is 9.59 Å². The number of benzene rings is 2. The number of rotatable bonds is 4. The van der Waals surface area contributed by atoms with E-state index in [1.165, 1.54) is 0 Å². The van der Waals surface area contributed by atoms with Crippen molar-refractivity contribution in [2.24, 2.45) is 0 Å². The Labute approximate surface area is 125 Å². The molecule has 0 aliphatic heterocycles. The fraction of sp³-hybridized carbons (Fsp3) is 0.250. The van der Waals surface area contributed by atoms with Crippen molar-refractivity contribution < 1.29 is 27.3 Å². The minimum absolute atomic E-state index is 0.00794. The largest absolute Gasteiger partial charge is 0.462 e. The molecular weight excluding hydrogens is 256 g/mol. The van der Waals surface area contributed by atoms with Crippen LogP contribution in [-0.4, -0.2) is 25.2 Å². The lowest BCUT2D eigenvalue weighted by atomic mass is 10.0. The molecule has 0 aliphatic carbocycles. The monoisotopic (exact) mass is 278 g/mol. The van der Waals surface area contributed by atoms with Gasteiger partial charge in [0.2, 0.25) is 0 Å². The third kappa shape index (κ3) is 2.96. The molecule has 4 nitrogen and oxygen atoms in total. The van der Waals surface area contributed by atoms with E-state index in [0.717, 1.165) is 0 Å². The van der Waals surface area contributed by atoms with Gasteiger partial charge in [-0.2, -0.15) is 0 Å². The first kappa shape index (κ1) is 8.04. The Morgan fingerprint density at radius 1 is 0.900 bits per heavy atom. The van der Waals surface area contributed by atoms with Gasteiger partial charge in [0, 0.05) is 0 Å². The Bertz CT molecular complexity index is 850. The van der Waals surface area contributed by atoms with Gasteiger partial charge in [0.15, 0.2) is 0 Å². The number of carbonyl (C=O) groups excluding carboxylic acids is 2. The number of carbonyl (C=O) groups is 2. The summed E-state index contributed by atoms with van der Waals surface area (Å²) in [6, 6.07) is -3.63. The lowest BCUT2D eigenvalue weighted by Gasteiger charge is -2.06. The van der Waals surface area contributed by atoms with Crippen LogP contribution in [0.3, 0.4) is 0 Å². The molecular formula is C16H16O4. The molecule has 0 radical (unpaired) electrons. The lowest BCUT2D eigenvalue weighted by molar-refractivity contribution is 0.0516. The first-order valence-electron chi connectivity index (χ1n) is 9.06. The predicted octanol–water partition coefficient (Wildman–Crippen LogP) is 3.19. The van der Waals surface area contributed by atoms with Crippen LogP contribution in [0.4, 0.5) is 0 Å². The normalized spacial score (nSPS) is 14.5. The Morgan fingerprint density at radius 2 is 1.30 bits per heavy atom. The summed E-state index contributed by atoms with van der Waals surface area (Å²) in [7, 11) is 0. The molecule has 0 atom stereocenters. The molecule has 0 amide bonds. The molecule has 0 unspecified atom stereocenters. The molecule has 0 saturated heterocycles. The zero-order chi connectivity index (χ0) is 19.8. The van der Waals surface area contributed by atoms with Gasteiger partial charge in [-0.15, -0.1) is 0 Å². The number of ether oxygens (including phenoxy) is 2. The van der Waals surface area contributed by atoms with Crippen molar-refractivity contribution in [1.82, 2.24) is 0 Å². The Hall–Kier alpha value is -2.36. The minimum Gasteiger partial charge on any atom is -0.462 e. The van der Waals surface area contributed by atoms with Crippen molar-refractivity contribution in [1.29, 1.82) is 0 Å². The highest BCUT2D eigenvalue weighted by molar-refractivity contribution is 5.98. The molecule has 0 aliphatic rings. The summed E-state index contributed by atoms with van der Waals surface area (Å²) in [4.78, 5) is 24.1. The first-order valence-corrected chi connectivity index (χ1v) is 6.06. The SMILES string of the molecule is [2H]c1c(C(=O)OCC)c([2H])c2c([2H])c([2H])c(C(=O)OCC)c([2H])c2c1[2H]. The molecule has 0 N–H and O–H groups in total.